The molecule has 0 spiro atoms. The van der Waals surface area contributed by atoms with Crippen LogP contribution in [0.25, 0.3) is 11.0 Å². The van der Waals surface area contributed by atoms with Crippen molar-refractivity contribution in [1.82, 2.24) is 9.55 Å². The molecule has 2 unspecified atom stereocenters. The van der Waals surface area contributed by atoms with Gasteiger partial charge in [-0.1, -0.05) is 6.07 Å². The highest BCUT2D eigenvalue weighted by Crippen LogP contribution is 2.38. The second-order valence-electron chi connectivity index (χ2n) is 5.33. The van der Waals surface area contributed by atoms with E-state index in [9.17, 15) is 9.90 Å². The molecule has 0 aliphatic heterocycles. The predicted octanol–water partition coefficient (Wildman–Crippen LogP) is 3.50. The van der Waals surface area contributed by atoms with E-state index in [0.29, 0.717) is 22.4 Å². The number of carboxylic acids is 1. The van der Waals surface area contributed by atoms with Gasteiger partial charge in [0.05, 0.1) is 11.1 Å². The van der Waals surface area contributed by atoms with Gasteiger partial charge in [-0.2, -0.15) is 11.8 Å². The third-order valence-electron chi connectivity index (χ3n) is 4.18. The van der Waals surface area contributed by atoms with E-state index in [1.54, 1.807) is 6.07 Å². The Bertz CT molecular complexity index is 665. The molecule has 106 valence electrons. The molecular formula is C15H18N2O2S. The molecule has 4 nitrogen and oxygen atoms in total. The fraction of sp³-hybridized carbons (Fsp3) is 0.467. The summed E-state index contributed by atoms with van der Waals surface area (Å²) in [6.07, 6.45) is 5.68. The maximum absolute atomic E-state index is 11.3. The highest BCUT2D eigenvalue weighted by Gasteiger charge is 2.28. The largest absolute Gasteiger partial charge is 0.478 e. The minimum atomic E-state index is -0.909. The Morgan fingerprint density at radius 3 is 2.90 bits per heavy atom. The highest BCUT2D eigenvalue weighted by atomic mass is 32.2. The number of aromatic carboxylic acids is 1. The summed E-state index contributed by atoms with van der Waals surface area (Å²) in [5.74, 6) is 0.00844. The second-order valence-corrected chi connectivity index (χ2v) is 6.47. The molecule has 20 heavy (non-hydrogen) atoms. The Hall–Kier alpha value is -1.49. The summed E-state index contributed by atoms with van der Waals surface area (Å²) < 4.78 is 2.23. The van der Waals surface area contributed by atoms with Gasteiger partial charge in [0.25, 0.3) is 0 Å². The second kappa shape index (κ2) is 5.13. The minimum absolute atomic E-state index is 0.295. The van der Waals surface area contributed by atoms with Crippen LogP contribution in [-0.2, 0) is 0 Å². The van der Waals surface area contributed by atoms with E-state index < -0.39 is 5.97 Å². The molecule has 1 N–H and O–H groups in total. The van der Waals surface area contributed by atoms with E-state index in [2.05, 4.69) is 15.8 Å². The van der Waals surface area contributed by atoms with Gasteiger partial charge in [0.2, 0.25) is 0 Å². The number of aryl methyl sites for hydroxylation is 1. The summed E-state index contributed by atoms with van der Waals surface area (Å²) in [5, 5.41) is 9.98. The first kappa shape index (κ1) is 13.5. The minimum Gasteiger partial charge on any atom is -0.478 e. The van der Waals surface area contributed by atoms with Crippen molar-refractivity contribution in [3.05, 3.63) is 29.6 Å². The summed E-state index contributed by atoms with van der Waals surface area (Å²) in [6.45, 7) is 1.97. The van der Waals surface area contributed by atoms with Crippen molar-refractivity contribution < 1.29 is 9.90 Å². The van der Waals surface area contributed by atoms with Gasteiger partial charge in [-0.05, 0) is 44.6 Å². The van der Waals surface area contributed by atoms with Crippen LogP contribution in [0.15, 0.2) is 18.2 Å². The number of thioether (sulfide) groups is 1. The van der Waals surface area contributed by atoms with E-state index in [0.717, 1.165) is 24.2 Å². The summed E-state index contributed by atoms with van der Waals surface area (Å²) in [6, 6.07) is 5.86. The van der Waals surface area contributed by atoms with Crippen molar-refractivity contribution in [3.63, 3.8) is 0 Å². The lowest BCUT2D eigenvalue weighted by atomic mass is 10.1. The lowest BCUT2D eigenvalue weighted by molar-refractivity contribution is 0.0699. The van der Waals surface area contributed by atoms with Gasteiger partial charge in [0, 0.05) is 11.3 Å². The maximum atomic E-state index is 11.3. The van der Waals surface area contributed by atoms with Crippen LogP contribution in [0.3, 0.4) is 0 Å². The molecule has 1 aromatic heterocycles. The zero-order chi connectivity index (χ0) is 14.3. The number of fused-ring (bicyclic) bond motifs is 1. The SMILES string of the molecule is CSC1CCC(n2c(C)nc3c(C(=O)O)cccc32)C1. The van der Waals surface area contributed by atoms with Gasteiger partial charge in [0.1, 0.15) is 11.3 Å². The lowest BCUT2D eigenvalue weighted by Crippen LogP contribution is -2.08. The van der Waals surface area contributed by atoms with Crippen molar-refractivity contribution >= 4 is 28.8 Å². The third-order valence-corrected chi connectivity index (χ3v) is 5.28. The Morgan fingerprint density at radius 1 is 1.45 bits per heavy atom. The zero-order valence-corrected chi connectivity index (χ0v) is 12.5. The van der Waals surface area contributed by atoms with Crippen LogP contribution in [0.5, 0.6) is 0 Å². The van der Waals surface area contributed by atoms with Crippen LogP contribution in [-0.4, -0.2) is 32.1 Å². The van der Waals surface area contributed by atoms with Gasteiger partial charge in [-0.25, -0.2) is 9.78 Å². The van der Waals surface area contributed by atoms with E-state index in [1.807, 2.05) is 30.8 Å². The van der Waals surface area contributed by atoms with E-state index in [4.69, 9.17) is 0 Å². The molecule has 1 aromatic carbocycles. The topological polar surface area (TPSA) is 55.1 Å². The Morgan fingerprint density at radius 2 is 2.25 bits per heavy atom. The maximum Gasteiger partial charge on any atom is 0.337 e. The average molecular weight is 290 g/mol. The number of carboxylic acid groups (broad SMARTS) is 1. The van der Waals surface area contributed by atoms with Crippen LogP contribution in [0, 0.1) is 6.92 Å². The fourth-order valence-corrected chi connectivity index (χ4v) is 4.02. The van der Waals surface area contributed by atoms with Crippen molar-refractivity contribution in [2.45, 2.75) is 37.5 Å². The molecule has 0 amide bonds. The molecule has 0 radical (unpaired) electrons. The smallest absolute Gasteiger partial charge is 0.337 e. The first-order valence-electron chi connectivity index (χ1n) is 6.85. The fourth-order valence-electron chi connectivity index (χ4n) is 3.23. The van der Waals surface area contributed by atoms with Crippen LogP contribution < -0.4 is 0 Å². The van der Waals surface area contributed by atoms with Gasteiger partial charge in [-0.3, -0.25) is 0 Å². The van der Waals surface area contributed by atoms with E-state index in [-0.39, 0.29) is 0 Å². The molecule has 0 bridgehead atoms. The Labute approximate surface area is 122 Å². The molecule has 2 atom stereocenters. The summed E-state index contributed by atoms with van der Waals surface area (Å²) in [7, 11) is 0. The first-order valence-corrected chi connectivity index (χ1v) is 8.14. The zero-order valence-electron chi connectivity index (χ0n) is 11.7. The number of hydrogen-bond donors (Lipinski definition) is 1. The number of carbonyl (C=O) groups is 1. The number of aromatic nitrogens is 2. The van der Waals surface area contributed by atoms with Crippen molar-refractivity contribution in [2.24, 2.45) is 0 Å². The predicted molar refractivity (Wildman–Crippen MR) is 81.6 cm³/mol. The molecular weight excluding hydrogens is 272 g/mol. The summed E-state index contributed by atoms with van der Waals surface area (Å²) in [5.41, 5.74) is 1.86. The highest BCUT2D eigenvalue weighted by molar-refractivity contribution is 7.99. The van der Waals surface area contributed by atoms with Crippen LogP contribution in [0.1, 0.15) is 41.5 Å². The summed E-state index contributed by atoms with van der Waals surface area (Å²) in [4.78, 5) is 15.8. The molecule has 3 rings (SSSR count). The van der Waals surface area contributed by atoms with Gasteiger partial charge >= 0.3 is 5.97 Å². The van der Waals surface area contributed by atoms with Crippen molar-refractivity contribution in [2.75, 3.05) is 6.26 Å². The number of rotatable bonds is 3. The molecule has 1 fully saturated rings. The number of para-hydroxylation sites is 1. The standard InChI is InChI=1S/C15H18N2O2S/c1-9-16-14-12(15(18)19)4-3-5-13(14)17(9)10-6-7-11(8-10)20-2/h3-5,10-11H,6-8H2,1-2H3,(H,18,19). The molecule has 1 aliphatic carbocycles. The monoisotopic (exact) mass is 290 g/mol. The van der Waals surface area contributed by atoms with Gasteiger partial charge < -0.3 is 9.67 Å². The van der Waals surface area contributed by atoms with Gasteiger partial charge in [-0.15, -0.1) is 0 Å². The molecule has 0 saturated heterocycles. The lowest BCUT2D eigenvalue weighted by Gasteiger charge is -2.15. The number of hydrogen-bond acceptors (Lipinski definition) is 3. The summed E-state index contributed by atoms with van der Waals surface area (Å²) >= 11 is 1.92. The molecule has 2 aromatic rings. The molecule has 5 heteroatoms. The normalized spacial score (nSPS) is 22.5. The van der Waals surface area contributed by atoms with Crippen LogP contribution in [0.2, 0.25) is 0 Å². The van der Waals surface area contributed by atoms with Gasteiger partial charge in [0.15, 0.2) is 0 Å². The number of benzene rings is 1. The molecule has 1 saturated carbocycles. The quantitative estimate of drug-likeness (QED) is 0.940. The number of nitrogens with zero attached hydrogens (tertiary/aromatic N) is 2. The average Bonchev–Trinajstić information content (AvgIpc) is 3.00. The van der Waals surface area contributed by atoms with Crippen molar-refractivity contribution in [3.8, 4) is 0 Å². The number of imidazole rings is 1. The first-order chi connectivity index (χ1) is 9.61. The Balaban J connectivity index is 2.10. The van der Waals surface area contributed by atoms with Crippen LogP contribution >= 0.6 is 11.8 Å². The van der Waals surface area contributed by atoms with Crippen LogP contribution in [0.4, 0.5) is 0 Å². The molecule has 1 heterocycles. The van der Waals surface area contributed by atoms with Crippen molar-refractivity contribution in [1.29, 1.82) is 0 Å². The molecule has 1 aliphatic rings. The third kappa shape index (κ3) is 2.10. The van der Waals surface area contributed by atoms with E-state index >= 15 is 0 Å². The Kier molecular flexibility index (Phi) is 3.46. The van der Waals surface area contributed by atoms with E-state index in [1.165, 1.54) is 6.42 Å².